The molecule has 0 N–H and O–H groups in total. The van der Waals surface area contributed by atoms with Crippen LogP contribution in [0.3, 0.4) is 0 Å². The highest BCUT2D eigenvalue weighted by molar-refractivity contribution is 5.71. The van der Waals surface area contributed by atoms with Crippen LogP contribution in [0, 0.1) is 0 Å². The van der Waals surface area contributed by atoms with Gasteiger partial charge in [0.05, 0.1) is 0 Å². The van der Waals surface area contributed by atoms with Crippen LogP contribution in [-0.2, 0) is 28.6 Å². The fourth-order valence-electron chi connectivity index (χ4n) is 8.02. The first-order valence-electron chi connectivity index (χ1n) is 28.1. The van der Waals surface area contributed by atoms with Gasteiger partial charge in [0, 0.05) is 19.3 Å². The Balaban J connectivity index is 4.20. The summed E-state index contributed by atoms with van der Waals surface area (Å²) in [5.41, 5.74) is 0. The molecule has 0 spiro atoms. The van der Waals surface area contributed by atoms with Gasteiger partial charge in [-0.15, -0.1) is 0 Å². The van der Waals surface area contributed by atoms with Crippen LogP contribution in [0.25, 0.3) is 0 Å². The monoisotopic (exact) mass is 911 g/mol. The molecule has 6 nitrogen and oxygen atoms in total. The van der Waals surface area contributed by atoms with E-state index in [0.29, 0.717) is 19.3 Å². The number of hydrogen-bond donors (Lipinski definition) is 0. The van der Waals surface area contributed by atoms with Gasteiger partial charge in [-0.25, -0.2) is 0 Å². The minimum absolute atomic E-state index is 0.0751. The smallest absolute Gasteiger partial charge is 0.306 e. The Kier molecular flexibility index (Phi) is 51.8. The highest BCUT2D eigenvalue weighted by Gasteiger charge is 2.19. The van der Waals surface area contributed by atoms with Gasteiger partial charge in [-0.2, -0.15) is 0 Å². The lowest BCUT2D eigenvalue weighted by Gasteiger charge is -2.18. The normalized spacial score (nSPS) is 12.4. The number of allylic oxidation sites excluding steroid dienone is 8. The minimum Gasteiger partial charge on any atom is -0.462 e. The molecule has 0 heterocycles. The highest BCUT2D eigenvalue weighted by atomic mass is 16.6. The first kappa shape index (κ1) is 62.4. The largest absolute Gasteiger partial charge is 0.462 e. The first-order chi connectivity index (χ1) is 32.0. The van der Waals surface area contributed by atoms with Crippen LogP contribution < -0.4 is 0 Å². The molecule has 0 aliphatic rings. The maximum atomic E-state index is 12.8. The van der Waals surface area contributed by atoms with E-state index in [1.54, 1.807) is 0 Å². The summed E-state index contributed by atoms with van der Waals surface area (Å²) < 4.78 is 16.8. The Morgan fingerprint density at radius 2 is 0.569 bits per heavy atom. The summed E-state index contributed by atoms with van der Waals surface area (Å²) in [6, 6.07) is 0. The first-order valence-corrected chi connectivity index (χ1v) is 28.1. The summed E-state index contributed by atoms with van der Waals surface area (Å²) >= 11 is 0. The number of ether oxygens (including phenoxy) is 3. The molecule has 0 rings (SSSR count). The van der Waals surface area contributed by atoms with E-state index in [2.05, 4.69) is 69.4 Å². The number of carbonyl (C=O) groups is 3. The Bertz CT molecular complexity index is 1140. The van der Waals surface area contributed by atoms with E-state index in [4.69, 9.17) is 14.2 Å². The SMILES string of the molecule is CCCC/C=C\CCCCCCCC(=O)OC(COC(=O)CCCCCCCCCCCCC)COC(=O)CCCCCCCCCCCC/C=C\C/C=C\C/C=C\CCCCCCC. The number of hydrogen-bond acceptors (Lipinski definition) is 6. The molecule has 0 aromatic carbocycles. The van der Waals surface area contributed by atoms with Crippen LogP contribution in [0.2, 0.25) is 0 Å². The summed E-state index contributed by atoms with van der Waals surface area (Å²) in [7, 11) is 0. The van der Waals surface area contributed by atoms with Crippen molar-refractivity contribution in [1.82, 2.24) is 0 Å². The van der Waals surface area contributed by atoms with Gasteiger partial charge >= 0.3 is 17.9 Å². The zero-order valence-corrected chi connectivity index (χ0v) is 43.3. The van der Waals surface area contributed by atoms with Gasteiger partial charge < -0.3 is 14.2 Å². The summed E-state index contributed by atoms with van der Waals surface area (Å²) in [6.45, 7) is 6.59. The van der Waals surface area contributed by atoms with E-state index in [-0.39, 0.29) is 31.1 Å². The van der Waals surface area contributed by atoms with Gasteiger partial charge in [0.25, 0.3) is 0 Å². The molecule has 0 amide bonds. The van der Waals surface area contributed by atoms with E-state index < -0.39 is 6.10 Å². The third-order valence-corrected chi connectivity index (χ3v) is 12.3. The van der Waals surface area contributed by atoms with Gasteiger partial charge in [0.2, 0.25) is 0 Å². The number of unbranched alkanes of at least 4 members (excludes halogenated alkanes) is 32. The second-order valence-electron chi connectivity index (χ2n) is 18.8. The van der Waals surface area contributed by atoms with Gasteiger partial charge in [-0.05, 0) is 77.0 Å². The van der Waals surface area contributed by atoms with Crippen molar-refractivity contribution in [3.63, 3.8) is 0 Å². The van der Waals surface area contributed by atoms with Gasteiger partial charge in [-0.3, -0.25) is 14.4 Å². The van der Waals surface area contributed by atoms with Gasteiger partial charge in [0.1, 0.15) is 13.2 Å². The van der Waals surface area contributed by atoms with Crippen molar-refractivity contribution in [2.45, 2.75) is 297 Å². The van der Waals surface area contributed by atoms with Crippen LogP contribution in [0.1, 0.15) is 290 Å². The number of esters is 3. The van der Waals surface area contributed by atoms with Crippen molar-refractivity contribution in [2.75, 3.05) is 13.2 Å². The fraction of sp³-hybridized carbons (Fsp3) is 0.814. The van der Waals surface area contributed by atoms with Crippen molar-refractivity contribution in [1.29, 1.82) is 0 Å². The predicted octanol–water partition coefficient (Wildman–Crippen LogP) is 18.7. The molecular formula is C59H106O6. The molecule has 0 radical (unpaired) electrons. The molecule has 0 fully saturated rings. The van der Waals surface area contributed by atoms with E-state index in [1.807, 2.05) is 0 Å². The van der Waals surface area contributed by atoms with Crippen molar-refractivity contribution in [3.8, 4) is 0 Å². The predicted molar refractivity (Wildman–Crippen MR) is 279 cm³/mol. The van der Waals surface area contributed by atoms with E-state index in [0.717, 1.165) is 83.5 Å². The molecular weight excluding hydrogens is 805 g/mol. The molecule has 6 heteroatoms. The average Bonchev–Trinajstić information content (AvgIpc) is 3.30. The van der Waals surface area contributed by atoms with Gasteiger partial charge in [-0.1, -0.05) is 243 Å². The zero-order chi connectivity index (χ0) is 47.2. The average molecular weight is 911 g/mol. The van der Waals surface area contributed by atoms with Crippen LogP contribution >= 0.6 is 0 Å². The third kappa shape index (κ3) is 52.2. The van der Waals surface area contributed by atoms with E-state index >= 15 is 0 Å². The van der Waals surface area contributed by atoms with E-state index in [9.17, 15) is 14.4 Å². The maximum Gasteiger partial charge on any atom is 0.306 e. The molecule has 378 valence electrons. The summed E-state index contributed by atoms with van der Waals surface area (Å²) in [4.78, 5) is 38.0. The zero-order valence-electron chi connectivity index (χ0n) is 43.3. The molecule has 0 saturated heterocycles. The number of rotatable bonds is 51. The molecule has 0 aliphatic carbocycles. The van der Waals surface area contributed by atoms with Crippen molar-refractivity contribution >= 4 is 17.9 Å². The summed E-state index contributed by atoms with van der Waals surface area (Å²) in [6.07, 6.45) is 65.4. The molecule has 65 heavy (non-hydrogen) atoms. The van der Waals surface area contributed by atoms with Crippen LogP contribution in [0.4, 0.5) is 0 Å². The van der Waals surface area contributed by atoms with Crippen molar-refractivity contribution < 1.29 is 28.6 Å². The Hall–Kier alpha value is -2.63. The maximum absolute atomic E-state index is 12.8. The lowest BCUT2D eigenvalue weighted by Crippen LogP contribution is -2.30. The summed E-state index contributed by atoms with van der Waals surface area (Å²) in [5.74, 6) is -0.880. The molecule has 0 bridgehead atoms. The summed E-state index contributed by atoms with van der Waals surface area (Å²) in [5, 5.41) is 0. The second-order valence-corrected chi connectivity index (χ2v) is 18.8. The Morgan fingerprint density at radius 3 is 0.923 bits per heavy atom. The Morgan fingerprint density at radius 1 is 0.308 bits per heavy atom. The minimum atomic E-state index is -0.775. The lowest BCUT2D eigenvalue weighted by atomic mass is 10.1. The number of carbonyl (C=O) groups excluding carboxylic acids is 3. The van der Waals surface area contributed by atoms with Crippen molar-refractivity contribution in [2.24, 2.45) is 0 Å². The fourth-order valence-corrected chi connectivity index (χ4v) is 8.02. The van der Waals surface area contributed by atoms with Gasteiger partial charge in [0.15, 0.2) is 6.10 Å². The van der Waals surface area contributed by atoms with E-state index in [1.165, 1.54) is 167 Å². The van der Waals surface area contributed by atoms with Crippen molar-refractivity contribution in [3.05, 3.63) is 48.6 Å². The topological polar surface area (TPSA) is 78.9 Å². The standard InChI is InChI=1S/C59H106O6/c1-4-7-10-13-16-19-22-23-24-25-26-27-28-29-30-31-32-33-34-35-38-40-43-46-49-52-58(61)64-55-56(65-59(62)53-50-47-44-41-37-21-18-15-12-9-6-3)54-63-57(60)51-48-45-42-39-36-20-17-14-11-8-5-2/h15,18,22-23,25-26,28-29,56H,4-14,16-17,19-21,24,27,30-55H2,1-3H3/b18-15-,23-22-,26-25-,29-28-. The lowest BCUT2D eigenvalue weighted by molar-refractivity contribution is -0.167. The highest BCUT2D eigenvalue weighted by Crippen LogP contribution is 2.16. The Labute approximate surface area is 403 Å². The van der Waals surface area contributed by atoms with Crippen LogP contribution in [0.15, 0.2) is 48.6 Å². The second kappa shape index (κ2) is 54.0. The molecule has 0 aliphatic heterocycles. The van der Waals surface area contributed by atoms with Crippen LogP contribution in [0.5, 0.6) is 0 Å². The molecule has 0 saturated carbocycles. The quantitative estimate of drug-likeness (QED) is 0.0262. The molecule has 1 unspecified atom stereocenters. The third-order valence-electron chi connectivity index (χ3n) is 12.3. The van der Waals surface area contributed by atoms with Crippen LogP contribution in [-0.4, -0.2) is 37.2 Å². The molecule has 0 aromatic heterocycles. The molecule has 1 atom stereocenters. The molecule has 0 aromatic rings.